The molecular formula is C18H21N5O4S. The van der Waals surface area contributed by atoms with E-state index in [0.29, 0.717) is 31.3 Å². The van der Waals surface area contributed by atoms with Gasteiger partial charge in [-0.3, -0.25) is 19.7 Å². The van der Waals surface area contributed by atoms with Crippen molar-refractivity contribution in [1.82, 2.24) is 19.7 Å². The maximum Gasteiger partial charge on any atom is 0.315 e. The number of thiazole rings is 1. The second-order valence-electron chi connectivity index (χ2n) is 6.89. The van der Waals surface area contributed by atoms with Crippen molar-refractivity contribution in [3.05, 3.63) is 34.7 Å². The van der Waals surface area contributed by atoms with Gasteiger partial charge in [-0.05, 0) is 19.2 Å². The first-order valence-electron chi connectivity index (χ1n) is 9.11. The third kappa shape index (κ3) is 3.78. The monoisotopic (exact) mass is 403 g/mol. The maximum absolute atomic E-state index is 12.5. The molecular weight excluding hydrogens is 382 g/mol. The van der Waals surface area contributed by atoms with Crippen LogP contribution in [0.4, 0.5) is 5.13 Å². The molecule has 2 aliphatic heterocycles. The van der Waals surface area contributed by atoms with E-state index in [0.717, 1.165) is 30.1 Å². The normalized spacial score (nSPS) is 17.3. The molecule has 9 nitrogen and oxygen atoms in total. The zero-order chi connectivity index (χ0) is 19.7. The number of amides is 3. The van der Waals surface area contributed by atoms with Gasteiger partial charge in [0.05, 0.1) is 12.0 Å². The summed E-state index contributed by atoms with van der Waals surface area (Å²) in [5, 5.41) is 3.09. The van der Waals surface area contributed by atoms with E-state index in [1.165, 1.54) is 22.5 Å². The average molecular weight is 403 g/mol. The fraction of sp³-hybridized carbons (Fsp3) is 0.444. The lowest BCUT2D eigenvalue weighted by Crippen LogP contribution is -2.52. The molecule has 0 aromatic carbocycles. The molecule has 4 rings (SSSR count). The molecule has 1 saturated heterocycles. The quantitative estimate of drug-likeness (QED) is 0.739. The van der Waals surface area contributed by atoms with Gasteiger partial charge in [0.25, 0.3) is 5.91 Å². The van der Waals surface area contributed by atoms with Crippen LogP contribution < -0.4 is 5.32 Å². The number of carbonyl (C=O) groups is 3. The topological polar surface area (TPSA) is 99.0 Å². The van der Waals surface area contributed by atoms with E-state index < -0.39 is 11.8 Å². The molecule has 2 aromatic rings. The fourth-order valence-electron chi connectivity index (χ4n) is 3.34. The summed E-state index contributed by atoms with van der Waals surface area (Å²) < 4.78 is 5.12. The number of furan rings is 1. The van der Waals surface area contributed by atoms with Gasteiger partial charge in [-0.25, -0.2) is 4.98 Å². The largest absolute Gasteiger partial charge is 0.459 e. The summed E-state index contributed by atoms with van der Waals surface area (Å²) in [7, 11) is 2.04. The third-order valence-corrected chi connectivity index (χ3v) is 5.92. The van der Waals surface area contributed by atoms with Crippen LogP contribution in [0.5, 0.6) is 0 Å². The maximum atomic E-state index is 12.5. The van der Waals surface area contributed by atoms with Gasteiger partial charge in [-0.2, -0.15) is 0 Å². The van der Waals surface area contributed by atoms with E-state index in [4.69, 9.17) is 4.42 Å². The van der Waals surface area contributed by atoms with Gasteiger partial charge in [-0.1, -0.05) is 0 Å². The van der Waals surface area contributed by atoms with Crippen LogP contribution in [0.1, 0.15) is 21.1 Å². The van der Waals surface area contributed by atoms with Gasteiger partial charge >= 0.3 is 11.8 Å². The highest BCUT2D eigenvalue weighted by Gasteiger charge is 2.30. The number of hydrogen-bond acceptors (Lipinski definition) is 7. The predicted molar refractivity (Wildman–Crippen MR) is 102 cm³/mol. The minimum Gasteiger partial charge on any atom is -0.459 e. The summed E-state index contributed by atoms with van der Waals surface area (Å²) in [4.78, 5) is 47.9. The highest BCUT2D eigenvalue weighted by atomic mass is 32.1. The Labute approximate surface area is 165 Å². The van der Waals surface area contributed by atoms with Crippen molar-refractivity contribution >= 4 is 34.2 Å². The van der Waals surface area contributed by atoms with E-state index in [1.807, 2.05) is 7.05 Å². The minimum absolute atomic E-state index is 0.208. The van der Waals surface area contributed by atoms with Gasteiger partial charge in [-0.15, -0.1) is 11.3 Å². The van der Waals surface area contributed by atoms with Crippen molar-refractivity contribution in [3.8, 4) is 0 Å². The summed E-state index contributed by atoms with van der Waals surface area (Å²) in [5.41, 5.74) is 0.996. The number of likely N-dealkylation sites (N-methyl/N-ethyl adjacent to an activating group) is 1. The molecule has 0 aliphatic carbocycles. The molecule has 0 radical (unpaired) electrons. The number of aromatic nitrogens is 1. The van der Waals surface area contributed by atoms with Crippen molar-refractivity contribution in [2.75, 3.05) is 45.1 Å². The number of anilines is 1. The van der Waals surface area contributed by atoms with Gasteiger partial charge < -0.3 is 19.1 Å². The number of nitrogens with zero attached hydrogens (tertiary/aromatic N) is 4. The molecule has 0 atom stereocenters. The number of carbonyl (C=O) groups excluding carboxylic acids is 3. The number of rotatable bonds is 2. The Morgan fingerprint density at radius 2 is 1.89 bits per heavy atom. The van der Waals surface area contributed by atoms with Gasteiger partial charge in [0.1, 0.15) is 0 Å². The van der Waals surface area contributed by atoms with Crippen LogP contribution in [0.15, 0.2) is 22.8 Å². The third-order valence-electron chi connectivity index (χ3n) is 4.92. The molecule has 3 amide bonds. The molecule has 0 saturated carbocycles. The number of hydrogen-bond donors (Lipinski definition) is 1. The number of fused-ring (bicyclic) bond motifs is 1. The van der Waals surface area contributed by atoms with Crippen molar-refractivity contribution < 1.29 is 18.8 Å². The Bertz CT molecular complexity index is 886. The van der Waals surface area contributed by atoms with Crippen LogP contribution in [-0.2, 0) is 22.6 Å². The van der Waals surface area contributed by atoms with Crippen molar-refractivity contribution in [2.45, 2.75) is 13.0 Å². The summed E-state index contributed by atoms with van der Waals surface area (Å²) >= 11 is 1.42. The summed E-state index contributed by atoms with van der Waals surface area (Å²) in [6.45, 7) is 3.06. The lowest BCUT2D eigenvalue weighted by molar-refractivity contribution is -0.144. The van der Waals surface area contributed by atoms with Crippen LogP contribution in [0.25, 0.3) is 0 Å². The minimum atomic E-state index is -0.690. The van der Waals surface area contributed by atoms with Crippen LogP contribution in [0.3, 0.4) is 0 Å². The molecule has 10 heteroatoms. The molecule has 4 heterocycles. The van der Waals surface area contributed by atoms with Crippen LogP contribution >= 0.6 is 11.3 Å². The second-order valence-corrected chi connectivity index (χ2v) is 7.98. The molecule has 28 heavy (non-hydrogen) atoms. The van der Waals surface area contributed by atoms with Crippen LogP contribution in [-0.4, -0.2) is 77.2 Å². The SMILES string of the molecule is CN1CCc2nc(NC(=O)C(=O)N3CCN(C(=O)c4ccco4)CC3)sc2C1. The van der Waals surface area contributed by atoms with Gasteiger partial charge in [0.2, 0.25) is 0 Å². The Morgan fingerprint density at radius 1 is 1.14 bits per heavy atom. The van der Waals surface area contributed by atoms with E-state index in [9.17, 15) is 14.4 Å². The molecule has 1 fully saturated rings. The molecule has 1 N–H and O–H groups in total. The van der Waals surface area contributed by atoms with Crippen LogP contribution in [0.2, 0.25) is 0 Å². The second kappa shape index (κ2) is 7.72. The molecule has 0 spiro atoms. The molecule has 148 valence electrons. The van der Waals surface area contributed by atoms with Crippen molar-refractivity contribution in [3.63, 3.8) is 0 Å². The molecule has 0 unspecified atom stereocenters. The van der Waals surface area contributed by atoms with E-state index >= 15 is 0 Å². The Kier molecular flexibility index (Phi) is 5.14. The highest BCUT2D eigenvalue weighted by molar-refractivity contribution is 7.16. The summed E-state index contributed by atoms with van der Waals surface area (Å²) in [6.07, 6.45) is 2.30. The van der Waals surface area contributed by atoms with E-state index in [1.54, 1.807) is 17.0 Å². The van der Waals surface area contributed by atoms with E-state index in [-0.39, 0.29) is 11.7 Å². The first-order valence-corrected chi connectivity index (χ1v) is 9.93. The smallest absolute Gasteiger partial charge is 0.315 e. The molecule has 0 bridgehead atoms. The van der Waals surface area contributed by atoms with Gasteiger partial charge in [0, 0.05) is 50.6 Å². The number of piperazine rings is 1. The van der Waals surface area contributed by atoms with Gasteiger partial charge in [0.15, 0.2) is 10.9 Å². The molecule has 2 aliphatic rings. The average Bonchev–Trinajstić information content (AvgIpc) is 3.36. The zero-order valence-corrected chi connectivity index (χ0v) is 16.3. The standard InChI is InChI=1S/C18H21N5O4S/c1-21-5-4-12-14(11-21)28-18(19-12)20-15(24)17(26)23-8-6-22(7-9-23)16(25)13-3-2-10-27-13/h2-3,10H,4-9,11H2,1H3,(H,19,20,24). The van der Waals surface area contributed by atoms with Crippen LogP contribution in [0, 0.1) is 0 Å². The lowest BCUT2D eigenvalue weighted by atomic mass is 10.2. The van der Waals surface area contributed by atoms with E-state index in [2.05, 4.69) is 15.2 Å². The Balaban J connectivity index is 1.31. The first kappa shape index (κ1) is 18.6. The summed E-state index contributed by atoms with van der Waals surface area (Å²) in [5.74, 6) is -1.23. The Morgan fingerprint density at radius 3 is 2.61 bits per heavy atom. The zero-order valence-electron chi connectivity index (χ0n) is 15.5. The highest BCUT2D eigenvalue weighted by Crippen LogP contribution is 2.27. The molecule has 2 aromatic heterocycles. The lowest BCUT2D eigenvalue weighted by Gasteiger charge is -2.33. The summed E-state index contributed by atoms with van der Waals surface area (Å²) in [6, 6.07) is 3.27. The Hall–Kier alpha value is -2.72. The van der Waals surface area contributed by atoms with Crippen molar-refractivity contribution in [1.29, 1.82) is 0 Å². The first-order chi connectivity index (χ1) is 13.5. The van der Waals surface area contributed by atoms with Crippen molar-refractivity contribution in [2.24, 2.45) is 0 Å². The predicted octanol–water partition coefficient (Wildman–Crippen LogP) is 0.647. The fourth-order valence-corrected chi connectivity index (χ4v) is 4.42. The number of nitrogens with one attached hydrogen (secondary N) is 1.